The molecule has 9 heteroatoms. The minimum Gasteiger partial charge on any atom is -0.377 e. The van der Waals surface area contributed by atoms with E-state index in [9.17, 15) is 4.79 Å². The minimum atomic E-state index is -1.68. The molecule has 1 saturated heterocycles. The lowest BCUT2D eigenvalue weighted by molar-refractivity contribution is -0.114. The molecule has 2 aliphatic rings. The van der Waals surface area contributed by atoms with Crippen molar-refractivity contribution in [1.82, 2.24) is 24.7 Å². The molecule has 144 valence electrons. The number of pyridine rings is 1. The number of alkyl halides is 1. The molecule has 28 heavy (non-hydrogen) atoms. The molecule has 1 amide bonds. The van der Waals surface area contributed by atoms with Crippen LogP contribution in [0.5, 0.6) is 0 Å². The highest BCUT2D eigenvalue weighted by atomic mass is 19.1. The molecule has 2 fully saturated rings. The van der Waals surface area contributed by atoms with Crippen LogP contribution in [0.1, 0.15) is 43.6 Å². The van der Waals surface area contributed by atoms with Gasteiger partial charge in [0, 0.05) is 49.2 Å². The number of hydrogen-bond acceptors (Lipinski definition) is 6. The molecule has 1 aliphatic heterocycles. The first-order valence-corrected chi connectivity index (χ1v) is 9.30. The van der Waals surface area contributed by atoms with Gasteiger partial charge >= 0.3 is 0 Å². The summed E-state index contributed by atoms with van der Waals surface area (Å²) >= 11 is 0. The summed E-state index contributed by atoms with van der Waals surface area (Å²) < 4.78 is 22.0. The maximum Gasteiger partial charge on any atom is 0.222 e. The van der Waals surface area contributed by atoms with Gasteiger partial charge in [0.15, 0.2) is 17.3 Å². The molecular weight excluding hydrogens is 363 g/mol. The standard InChI is InChI=1S/C19H19FN6O2/c1-11(27)23-15-8-14-13(9-22-15)17(12-2-3-12)25-26(14)16-4-6-21-18(24-16)19(20)5-7-28-10-19/h4,6,8-9,12H,2-3,5,7,10H2,1H3,(H,22,23,27). The van der Waals surface area contributed by atoms with Gasteiger partial charge in [0.05, 0.1) is 24.4 Å². The van der Waals surface area contributed by atoms with Crippen molar-refractivity contribution in [3.8, 4) is 5.82 Å². The van der Waals surface area contributed by atoms with Gasteiger partial charge in [-0.15, -0.1) is 0 Å². The van der Waals surface area contributed by atoms with Crippen molar-refractivity contribution in [2.75, 3.05) is 18.5 Å². The summed E-state index contributed by atoms with van der Waals surface area (Å²) in [5.74, 6) is 1.21. The molecule has 0 radical (unpaired) electrons. The number of halogens is 1. The van der Waals surface area contributed by atoms with E-state index < -0.39 is 5.67 Å². The third kappa shape index (κ3) is 2.91. The van der Waals surface area contributed by atoms with E-state index in [2.05, 4.69) is 20.3 Å². The van der Waals surface area contributed by atoms with Gasteiger partial charge in [-0.2, -0.15) is 5.10 Å². The van der Waals surface area contributed by atoms with Crippen molar-refractivity contribution in [2.24, 2.45) is 0 Å². The molecule has 0 spiro atoms. The van der Waals surface area contributed by atoms with E-state index in [1.165, 1.54) is 13.1 Å². The zero-order valence-electron chi connectivity index (χ0n) is 15.4. The molecule has 5 rings (SSSR count). The van der Waals surface area contributed by atoms with E-state index in [0.29, 0.717) is 24.2 Å². The summed E-state index contributed by atoms with van der Waals surface area (Å²) in [6, 6.07) is 3.46. The van der Waals surface area contributed by atoms with Crippen LogP contribution in [0.15, 0.2) is 24.5 Å². The van der Waals surface area contributed by atoms with Gasteiger partial charge in [0.2, 0.25) is 5.91 Å². The second-order valence-corrected chi connectivity index (χ2v) is 7.35. The van der Waals surface area contributed by atoms with Crippen molar-refractivity contribution in [3.05, 3.63) is 36.0 Å². The van der Waals surface area contributed by atoms with Crippen LogP contribution < -0.4 is 5.32 Å². The molecule has 1 unspecified atom stereocenters. The Balaban J connectivity index is 1.64. The number of fused-ring (bicyclic) bond motifs is 1. The van der Waals surface area contributed by atoms with Gasteiger partial charge in [-0.3, -0.25) is 4.79 Å². The molecule has 3 aromatic rings. The van der Waals surface area contributed by atoms with Crippen LogP contribution in [0.2, 0.25) is 0 Å². The third-order valence-electron chi connectivity index (χ3n) is 5.09. The van der Waals surface area contributed by atoms with E-state index in [4.69, 9.17) is 9.84 Å². The van der Waals surface area contributed by atoms with Crippen LogP contribution in [0.4, 0.5) is 10.2 Å². The highest BCUT2D eigenvalue weighted by Gasteiger charge is 2.40. The van der Waals surface area contributed by atoms with Gasteiger partial charge < -0.3 is 10.1 Å². The van der Waals surface area contributed by atoms with E-state index >= 15 is 4.39 Å². The number of ether oxygens (including phenoxy) is 1. The quantitative estimate of drug-likeness (QED) is 0.745. The fourth-order valence-corrected chi connectivity index (χ4v) is 3.51. The molecule has 8 nitrogen and oxygen atoms in total. The fourth-order valence-electron chi connectivity index (χ4n) is 3.51. The topological polar surface area (TPSA) is 94.8 Å². The summed E-state index contributed by atoms with van der Waals surface area (Å²) in [5, 5.41) is 8.36. The van der Waals surface area contributed by atoms with Crippen LogP contribution in [0.3, 0.4) is 0 Å². The summed E-state index contributed by atoms with van der Waals surface area (Å²) in [6.07, 6.45) is 5.66. The monoisotopic (exact) mass is 382 g/mol. The smallest absolute Gasteiger partial charge is 0.222 e. The summed E-state index contributed by atoms with van der Waals surface area (Å²) in [4.78, 5) is 24.3. The molecule has 1 saturated carbocycles. The van der Waals surface area contributed by atoms with Gasteiger partial charge in [0.25, 0.3) is 0 Å². The number of carbonyl (C=O) groups excluding carboxylic acids is 1. The zero-order chi connectivity index (χ0) is 19.3. The third-order valence-corrected chi connectivity index (χ3v) is 5.09. The van der Waals surface area contributed by atoms with Crippen molar-refractivity contribution in [3.63, 3.8) is 0 Å². The SMILES string of the molecule is CC(=O)Nc1cc2c(cn1)c(C1CC1)nn2-c1ccnc(C2(F)CCOC2)n1. The fraction of sp³-hybridized carbons (Fsp3) is 0.421. The summed E-state index contributed by atoms with van der Waals surface area (Å²) in [7, 11) is 0. The lowest BCUT2D eigenvalue weighted by Gasteiger charge is -2.16. The predicted molar refractivity (Wildman–Crippen MR) is 99.0 cm³/mol. The Morgan fingerprint density at radius 1 is 1.39 bits per heavy atom. The Bertz CT molecular complexity index is 1070. The van der Waals surface area contributed by atoms with Crippen LogP contribution in [-0.4, -0.2) is 43.9 Å². The molecule has 0 bridgehead atoms. The highest BCUT2D eigenvalue weighted by Crippen LogP contribution is 2.43. The summed E-state index contributed by atoms with van der Waals surface area (Å²) in [6.45, 7) is 1.74. The summed E-state index contributed by atoms with van der Waals surface area (Å²) in [5.41, 5.74) is 0.0401. The normalized spacial score (nSPS) is 21.9. The van der Waals surface area contributed by atoms with Crippen LogP contribution >= 0.6 is 0 Å². The van der Waals surface area contributed by atoms with Gasteiger partial charge in [-0.1, -0.05) is 0 Å². The number of hydrogen-bond donors (Lipinski definition) is 1. The van der Waals surface area contributed by atoms with Gasteiger partial charge in [-0.25, -0.2) is 24.0 Å². The van der Waals surface area contributed by atoms with Crippen molar-refractivity contribution in [2.45, 2.75) is 37.8 Å². The van der Waals surface area contributed by atoms with E-state index in [1.807, 2.05) is 0 Å². The maximum atomic E-state index is 15.1. The molecule has 1 atom stereocenters. The first-order chi connectivity index (χ1) is 13.5. The maximum absolute atomic E-state index is 15.1. The number of nitrogens with one attached hydrogen (secondary N) is 1. The second kappa shape index (κ2) is 6.30. The second-order valence-electron chi connectivity index (χ2n) is 7.35. The van der Waals surface area contributed by atoms with Crippen molar-refractivity contribution >= 4 is 22.6 Å². The number of amides is 1. The zero-order valence-corrected chi connectivity index (χ0v) is 15.4. The number of carbonyl (C=O) groups is 1. The number of rotatable bonds is 4. The Morgan fingerprint density at radius 2 is 2.25 bits per heavy atom. The average Bonchev–Trinajstić information content (AvgIpc) is 3.31. The van der Waals surface area contributed by atoms with E-state index in [0.717, 1.165) is 29.4 Å². The molecule has 1 aliphatic carbocycles. The lowest BCUT2D eigenvalue weighted by atomic mass is 10.1. The van der Waals surface area contributed by atoms with E-state index in [1.54, 1.807) is 23.0 Å². The minimum absolute atomic E-state index is 0.0414. The van der Waals surface area contributed by atoms with Crippen LogP contribution in [0.25, 0.3) is 16.7 Å². The number of anilines is 1. The Kier molecular flexibility index (Phi) is 3.87. The number of aromatic nitrogens is 5. The predicted octanol–water partition coefficient (Wildman–Crippen LogP) is 2.63. The molecule has 4 heterocycles. The van der Waals surface area contributed by atoms with E-state index in [-0.39, 0.29) is 24.8 Å². The van der Waals surface area contributed by atoms with Crippen LogP contribution in [-0.2, 0) is 15.2 Å². The largest absolute Gasteiger partial charge is 0.377 e. The van der Waals surface area contributed by atoms with Crippen molar-refractivity contribution in [1.29, 1.82) is 0 Å². The molecular formula is C19H19FN6O2. The first kappa shape index (κ1) is 17.2. The average molecular weight is 382 g/mol. The highest BCUT2D eigenvalue weighted by molar-refractivity contribution is 5.91. The Labute approximate surface area is 160 Å². The lowest BCUT2D eigenvalue weighted by Crippen LogP contribution is -2.24. The molecule has 0 aromatic carbocycles. The molecule has 3 aromatic heterocycles. The Hall–Kier alpha value is -2.94. The molecule has 1 N–H and O–H groups in total. The number of nitrogens with zero attached hydrogens (tertiary/aromatic N) is 5. The van der Waals surface area contributed by atoms with Gasteiger partial charge in [0.1, 0.15) is 5.82 Å². The Morgan fingerprint density at radius 3 is 2.96 bits per heavy atom. The van der Waals surface area contributed by atoms with Crippen LogP contribution in [0, 0.1) is 0 Å². The van der Waals surface area contributed by atoms with Gasteiger partial charge in [-0.05, 0) is 12.8 Å². The van der Waals surface area contributed by atoms with Crippen molar-refractivity contribution < 1.29 is 13.9 Å². The first-order valence-electron chi connectivity index (χ1n) is 9.30.